The topological polar surface area (TPSA) is 59.0 Å². The summed E-state index contributed by atoms with van der Waals surface area (Å²) in [5.74, 6) is -0.291. The van der Waals surface area contributed by atoms with Gasteiger partial charge in [-0.2, -0.15) is 5.10 Å². The van der Waals surface area contributed by atoms with Gasteiger partial charge in [0, 0.05) is 30.4 Å². The fourth-order valence-electron chi connectivity index (χ4n) is 2.31. The summed E-state index contributed by atoms with van der Waals surface area (Å²) in [5, 5.41) is 11.9. The molecule has 2 heterocycles. The van der Waals surface area contributed by atoms with Crippen molar-refractivity contribution in [2.75, 3.05) is 6.54 Å². The van der Waals surface area contributed by atoms with Crippen LogP contribution >= 0.6 is 11.3 Å². The fraction of sp³-hybridized carbons (Fsp3) is 0.176. The Morgan fingerprint density at radius 1 is 1.21 bits per heavy atom. The number of aromatic nitrogens is 2. The van der Waals surface area contributed by atoms with Gasteiger partial charge in [0.05, 0.1) is 0 Å². The van der Waals surface area contributed by atoms with Crippen molar-refractivity contribution in [2.45, 2.75) is 12.6 Å². The van der Waals surface area contributed by atoms with Gasteiger partial charge in [-0.1, -0.05) is 18.2 Å². The zero-order chi connectivity index (χ0) is 16.8. The Labute approximate surface area is 143 Å². The number of thiophene rings is 1. The summed E-state index contributed by atoms with van der Waals surface area (Å²) in [7, 11) is 0. The summed E-state index contributed by atoms with van der Waals surface area (Å²) >= 11 is 1.62. The van der Waals surface area contributed by atoms with E-state index in [1.165, 1.54) is 12.1 Å². The lowest BCUT2D eigenvalue weighted by molar-refractivity contribution is 0.239. The van der Waals surface area contributed by atoms with Crippen molar-refractivity contribution in [3.63, 3.8) is 0 Å². The molecule has 0 aliphatic carbocycles. The molecule has 1 atom stereocenters. The molecule has 24 heavy (non-hydrogen) atoms. The molecule has 2 amide bonds. The third kappa shape index (κ3) is 4.20. The minimum Gasteiger partial charge on any atom is -0.336 e. The number of rotatable bonds is 6. The van der Waals surface area contributed by atoms with Gasteiger partial charge >= 0.3 is 6.03 Å². The Bertz CT molecular complexity index is 722. The van der Waals surface area contributed by atoms with Crippen LogP contribution in [0.3, 0.4) is 0 Å². The van der Waals surface area contributed by atoms with Gasteiger partial charge in [-0.3, -0.25) is 4.68 Å². The minimum atomic E-state index is -0.291. The van der Waals surface area contributed by atoms with E-state index in [0.717, 1.165) is 10.4 Å². The van der Waals surface area contributed by atoms with Crippen molar-refractivity contribution in [2.24, 2.45) is 0 Å². The van der Waals surface area contributed by atoms with Crippen LogP contribution in [0.4, 0.5) is 9.18 Å². The van der Waals surface area contributed by atoms with E-state index in [1.807, 2.05) is 34.5 Å². The maximum atomic E-state index is 12.9. The smallest absolute Gasteiger partial charge is 0.315 e. The van der Waals surface area contributed by atoms with Crippen LogP contribution < -0.4 is 10.6 Å². The minimum absolute atomic E-state index is 0.0448. The highest BCUT2D eigenvalue weighted by Crippen LogP contribution is 2.21. The third-order valence-electron chi connectivity index (χ3n) is 3.54. The number of hydrogen-bond donors (Lipinski definition) is 2. The molecule has 5 nitrogen and oxygen atoms in total. The Morgan fingerprint density at radius 2 is 2.04 bits per heavy atom. The third-order valence-corrected chi connectivity index (χ3v) is 4.51. The van der Waals surface area contributed by atoms with E-state index in [2.05, 4.69) is 15.7 Å². The number of benzene rings is 1. The average Bonchev–Trinajstić information content (AvgIpc) is 3.29. The number of carbonyl (C=O) groups is 1. The van der Waals surface area contributed by atoms with Crippen LogP contribution in [0.2, 0.25) is 0 Å². The van der Waals surface area contributed by atoms with Crippen LogP contribution in [0.25, 0.3) is 0 Å². The molecule has 0 fully saturated rings. The Morgan fingerprint density at radius 3 is 2.71 bits per heavy atom. The predicted molar refractivity (Wildman–Crippen MR) is 91.3 cm³/mol. The Hall–Kier alpha value is -2.67. The summed E-state index contributed by atoms with van der Waals surface area (Å²) in [6.45, 7) is 0.773. The molecule has 0 spiro atoms. The number of amides is 2. The lowest BCUT2D eigenvalue weighted by atomic mass is 10.2. The first-order chi connectivity index (χ1) is 11.7. The average molecular weight is 344 g/mol. The van der Waals surface area contributed by atoms with Crippen LogP contribution in [-0.2, 0) is 6.54 Å². The zero-order valence-corrected chi connectivity index (χ0v) is 13.7. The molecule has 124 valence electrons. The van der Waals surface area contributed by atoms with Gasteiger partial charge in [0.2, 0.25) is 0 Å². The molecule has 0 saturated heterocycles. The highest BCUT2D eigenvalue weighted by Gasteiger charge is 2.16. The van der Waals surface area contributed by atoms with E-state index < -0.39 is 0 Å². The number of nitrogens with zero attached hydrogens (tertiary/aromatic N) is 2. The Balaban J connectivity index is 1.54. The molecule has 0 saturated carbocycles. The van der Waals surface area contributed by atoms with E-state index in [1.54, 1.807) is 29.7 Å². The van der Waals surface area contributed by atoms with E-state index >= 15 is 0 Å². The second kappa shape index (κ2) is 7.74. The molecule has 7 heteroatoms. The summed E-state index contributed by atoms with van der Waals surface area (Å²) in [6.07, 6.45) is 3.59. The molecule has 0 unspecified atom stereocenters. The molecule has 2 aromatic heterocycles. The maximum absolute atomic E-state index is 12.9. The normalized spacial score (nSPS) is 11.9. The lowest BCUT2D eigenvalue weighted by Gasteiger charge is -2.17. The van der Waals surface area contributed by atoms with Crippen LogP contribution in [0.5, 0.6) is 0 Å². The monoisotopic (exact) mass is 344 g/mol. The van der Waals surface area contributed by atoms with Crippen molar-refractivity contribution < 1.29 is 9.18 Å². The van der Waals surface area contributed by atoms with E-state index in [4.69, 9.17) is 0 Å². The van der Waals surface area contributed by atoms with Crippen molar-refractivity contribution in [3.8, 4) is 0 Å². The molecule has 3 rings (SSSR count). The largest absolute Gasteiger partial charge is 0.336 e. The number of halogens is 1. The van der Waals surface area contributed by atoms with E-state index in [-0.39, 0.29) is 17.9 Å². The number of carbonyl (C=O) groups excluding carboxylic acids is 1. The van der Waals surface area contributed by atoms with E-state index in [0.29, 0.717) is 13.1 Å². The highest BCUT2D eigenvalue weighted by atomic mass is 32.1. The van der Waals surface area contributed by atoms with Crippen LogP contribution in [-0.4, -0.2) is 22.4 Å². The van der Waals surface area contributed by atoms with Gasteiger partial charge in [-0.25, -0.2) is 9.18 Å². The lowest BCUT2D eigenvalue weighted by Crippen LogP contribution is -2.38. The number of hydrogen-bond acceptors (Lipinski definition) is 3. The molecule has 0 aliphatic rings. The number of urea groups is 1. The second-order valence-electron chi connectivity index (χ2n) is 5.21. The molecule has 0 bridgehead atoms. The molecule has 3 aromatic rings. The molecular weight excluding hydrogens is 327 g/mol. The molecular formula is C17H17FN4OS. The summed E-state index contributed by atoms with van der Waals surface area (Å²) in [4.78, 5) is 13.1. The van der Waals surface area contributed by atoms with Crippen molar-refractivity contribution in [3.05, 3.63) is 76.5 Å². The van der Waals surface area contributed by atoms with E-state index in [9.17, 15) is 9.18 Å². The predicted octanol–water partition coefficient (Wildman–Crippen LogP) is 3.17. The van der Waals surface area contributed by atoms with Crippen molar-refractivity contribution in [1.82, 2.24) is 20.4 Å². The first kappa shape index (κ1) is 16.2. The second-order valence-corrected chi connectivity index (χ2v) is 6.19. The zero-order valence-electron chi connectivity index (χ0n) is 12.9. The number of nitrogens with one attached hydrogen (secondary N) is 2. The maximum Gasteiger partial charge on any atom is 0.315 e. The fourth-order valence-corrected chi connectivity index (χ4v) is 3.13. The van der Waals surface area contributed by atoms with Crippen LogP contribution in [0, 0.1) is 5.82 Å². The summed E-state index contributed by atoms with van der Waals surface area (Å²) < 4.78 is 14.7. The van der Waals surface area contributed by atoms with Crippen molar-refractivity contribution >= 4 is 17.4 Å². The quantitative estimate of drug-likeness (QED) is 0.721. The van der Waals surface area contributed by atoms with Crippen molar-refractivity contribution in [1.29, 1.82) is 0 Å². The summed E-state index contributed by atoms with van der Waals surface area (Å²) in [5.41, 5.74) is 0.841. The highest BCUT2D eigenvalue weighted by molar-refractivity contribution is 7.10. The van der Waals surface area contributed by atoms with Gasteiger partial charge in [-0.15, -0.1) is 11.3 Å². The first-order valence-electron chi connectivity index (χ1n) is 7.51. The van der Waals surface area contributed by atoms with Crippen LogP contribution in [0.1, 0.15) is 16.5 Å². The first-order valence-corrected chi connectivity index (χ1v) is 8.39. The van der Waals surface area contributed by atoms with Gasteiger partial charge in [0.15, 0.2) is 0 Å². The van der Waals surface area contributed by atoms with Gasteiger partial charge in [-0.05, 0) is 35.2 Å². The van der Waals surface area contributed by atoms with Crippen LogP contribution in [0.15, 0.2) is 60.2 Å². The van der Waals surface area contributed by atoms with Gasteiger partial charge < -0.3 is 10.6 Å². The SMILES string of the molecule is O=C(NCc1ccc(F)cc1)NC[C@@H](c1cccs1)n1cccn1. The van der Waals surface area contributed by atoms with Gasteiger partial charge in [0.25, 0.3) is 0 Å². The molecule has 0 radical (unpaired) electrons. The summed E-state index contributed by atoms with van der Waals surface area (Å²) in [6, 6.07) is 11.6. The Kier molecular flexibility index (Phi) is 5.22. The molecule has 2 N–H and O–H groups in total. The molecule has 1 aromatic carbocycles. The molecule has 0 aliphatic heterocycles. The standard InChI is InChI=1S/C17H17FN4OS/c18-14-6-4-13(5-7-14)11-19-17(23)20-12-15(16-3-1-10-24-16)22-9-2-8-21-22/h1-10,15H,11-12H2,(H2,19,20,23)/t15-/m0/s1. The van der Waals surface area contributed by atoms with Gasteiger partial charge in [0.1, 0.15) is 11.9 Å².